The molecule has 0 aliphatic carbocycles. The summed E-state index contributed by atoms with van der Waals surface area (Å²) in [5.74, 6) is 0. The van der Waals surface area contributed by atoms with Crippen molar-refractivity contribution in [3.8, 4) is 45.2 Å². The van der Waals surface area contributed by atoms with Crippen LogP contribution in [0.2, 0.25) is 0 Å². The van der Waals surface area contributed by atoms with Crippen LogP contribution in [0.3, 0.4) is 0 Å². The van der Waals surface area contributed by atoms with Gasteiger partial charge < -0.3 is 4.42 Å². The number of furan rings is 1. The van der Waals surface area contributed by atoms with E-state index in [-0.39, 0.29) is 42.1 Å². The Kier molecular flexibility index (Phi) is 13.5. The van der Waals surface area contributed by atoms with Crippen molar-refractivity contribution in [3.63, 3.8) is 0 Å². The number of hydrogen-bond donors (Lipinski definition) is 0. The molecule has 51 heavy (non-hydrogen) atoms. The Balaban J connectivity index is 0.000000147. The van der Waals surface area contributed by atoms with Crippen molar-refractivity contribution < 1.29 is 46.5 Å². The summed E-state index contributed by atoms with van der Waals surface area (Å²) >= 11 is 0. The van der Waals surface area contributed by atoms with Crippen LogP contribution >= 0.6 is 0 Å². The van der Waals surface area contributed by atoms with Gasteiger partial charge in [0, 0.05) is 66.4 Å². The molecule has 0 aliphatic heterocycles. The minimum atomic E-state index is 0. The molecule has 0 amide bonds. The SMILES string of the molecule is [Pt].[Pt].[c-]1cccc2oc3ccc[c-]c3c12.[c-]1ccccc1-c1[c-]c(-c2ccccn2)ccc1.c1ccc(-c2cccc(-c3ccccn3)n2)nc1. The Labute approximate surface area is 326 Å². The van der Waals surface area contributed by atoms with Gasteiger partial charge in [0.2, 0.25) is 0 Å². The minimum absolute atomic E-state index is 0. The predicted octanol–water partition coefficient (Wildman–Crippen LogP) is 10.4. The number of hydrogen-bond acceptors (Lipinski definition) is 5. The smallest absolute Gasteiger partial charge is 0.0894 e. The molecule has 0 spiro atoms. The maximum Gasteiger partial charge on any atom is 0.0894 e. The van der Waals surface area contributed by atoms with Crippen molar-refractivity contribution in [1.29, 1.82) is 0 Å². The molecular formula is C44H28N4OPt2-4. The van der Waals surface area contributed by atoms with Crippen LogP contribution in [-0.4, -0.2) is 19.9 Å². The maximum absolute atomic E-state index is 5.59. The summed E-state index contributed by atoms with van der Waals surface area (Å²) in [5, 5.41) is 2.02. The van der Waals surface area contributed by atoms with Crippen molar-refractivity contribution in [2.45, 2.75) is 0 Å². The van der Waals surface area contributed by atoms with E-state index in [0.29, 0.717) is 0 Å². The molecule has 0 saturated heterocycles. The molecule has 0 saturated carbocycles. The third kappa shape index (κ3) is 9.46. The van der Waals surface area contributed by atoms with E-state index in [9.17, 15) is 0 Å². The largest absolute Gasteiger partial charge is 0.564 e. The van der Waals surface area contributed by atoms with Crippen molar-refractivity contribution >= 4 is 21.9 Å². The molecule has 4 aromatic carbocycles. The number of pyridine rings is 4. The fourth-order valence-corrected chi connectivity index (χ4v) is 5.13. The average Bonchev–Trinajstić information content (AvgIpc) is 3.59. The van der Waals surface area contributed by atoms with Crippen LogP contribution in [0.4, 0.5) is 0 Å². The molecule has 0 fully saturated rings. The Hall–Kier alpha value is -5.34. The van der Waals surface area contributed by atoms with Gasteiger partial charge in [0.05, 0.1) is 22.8 Å². The van der Waals surface area contributed by atoms with Gasteiger partial charge in [-0.1, -0.05) is 30.3 Å². The number of fused-ring (bicyclic) bond motifs is 3. The fourth-order valence-electron chi connectivity index (χ4n) is 5.13. The normalized spacial score (nSPS) is 10.0. The third-order valence-corrected chi connectivity index (χ3v) is 7.44. The van der Waals surface area contributed by atoms with E-state index in [2.05, 4.69) is 44.2 Å². The molecule has 9 rings (SSSR count). The zero-order valence-electron chi connectivity index (χ0n) is 27.0. The second-order valence-corrected chi connectivity index (χ2v) is 10.7. The topological polar surface area (TPSA) is 64.7 Å². The molecule has 254 valence electrons. The predicted molar refractivity (Wildman–Crippen MR) is 195 cm³/mol. The van der Waals surface area contributed by atoms with Gasteiger partial charge in [0.25, 0.3) is 0 Å². The summed E-state index contributed by atoms with van der Waals surface area (Å²) in [5.41, 5.74) is 9.25. The van der Waals surface area contributed by atoms with Gasteiger partial charge in [-0.15, -0.1) is 48.0 Å². The number of benzene rings is 4. The fraction of sp³-hybridized carbons (Fsp3) is 0. The maximum atomic E-state index is 5.59. The van der Waals surface area contributed by atoms with Crippen LogP contribution in [0, 0.1) is 24.3 Å². The third-order valence-electron chi connectivity index (χ3n) is 7.44. The van der Waals surface area contributed by atoms with Gasteiger partial charge in [-0.2, -0.15) is 77.0 Å². The second-order valence-electron chi connectivity index (χ2n) is 10.7. The van der Waals surface area contributed by atoms with Gasteiger partial charge in [-0.05, 0) is 53.6 Å². The number of rotatable bonds is 4. The van der Waals surface area contributed by atoms with Crippen molar-refractivity contribution in [1.82, 2.24) is 19.9 Å². The Morgan fingerprint density at radius 2 is 0.843 bits per heavy atom. The summed E-state index contributed by atoms with van der Waals surface area (Å²) in [4.78, 5) is 17.5. The van der Waals surface area contributed by atoms with Crippen LogP contribution in [0.5, 0.6) is 0 Å². The van der Waals surface area contributed by atoms with Crippen molar-refractivity contribution in [2.24, 2.45) is 0 Å². The first-order valence-electron chi connectivity index (χ1n) is 15.7. The summed E-state index contributed by atoms with van der Waals surface area (Å²) in [6, 6.07) is 61.8. The first kappa shape index (κ1) is 36.9. The van der Waals surface area contributed by atoms with E-state index >= 15 is 0 Å². The van der Waals surface area contributed by atoms with E-state index in [1.54, 1.807) is 18.6 Å². The molecule has 5 nitrogen and oxygen atoms in total. The molecule has 0 N–H and O–H groups in total. The van der Waals surface area contributed by atoms with E-state index in [1.165, 1.54) is 0 Å². The molecule has 0 bridgehead atoms. The molecule has 0 atom stereocenters. The Morgan fingerprint density at radius 1 is 0.373 bits per heavy atom. The number of aromatic nitrogens is 4. The van der Waals surface area contributed by atoms with Crippen LogP contribution in [0.25, 0.3) is 67.1 Å². The monoisotopic (exact) mass is 1020 g/mol. The quantitative estimate of drug-likeness (QED) is 0.164. The molecule has 0 unspecified atom stereocenters. The summed E-state index contributed by atoms with van der Waals surface area (Å²) in [6.07, 6.45) is 5.33. The van der Waals surface area contributed by atoms with E-state index in [0.717, 1.165) is 67.1 Å². The zero-order chi connectivity index (χ0) is 33.1. The first-order chi connectivity index (χ1) is 24.3. The van der Waals surface area contributed by atoms with Crippen LogP contribution in [0.1, 0.15) is 0 Å². The van der Waals surface area contributed by atoms with E-state index < -0.39 is 0 Å². The van der Waals surface area contributed by atoms with Gasteiger partial charge in [-0.25, -0.2) is 10.5 Å². The molecular weight excluding hydrogens is 991 g/mol. The molecule has 9 aromatic rings. The Bertz CT molecular complexity index is 2110. The average molecular weight is 1020 g/mol. The molecule has 0 aliphatic rings. The molecule has 7 heteroatoms. The summed E-state index contributed by atoms with van der Waals surface area (Å²) in [6.45, 7) is 0. The van der Waals surface area contributed by atoms with Crippen LogP contribution in [0.15, 0.2) is 175 Å². The minimum Gasteiger partial charge on any atom is -0.564 e. The van der Waals surface area contributed by atoms with Gasteiger partial charge >= 0.3 is 0 Å². The van der Waals surface area contributed by atoms with Crippen LogP contribution < -0.4 is 0 Å². The number of nitrogens with zero attached hydrogens (tertiary/aromatic N) is 4. The van der Waals surface area contributed by atoms with E-state index in [4.69, 9.17) is 4.42 Å². The standard InChI is InChI=1S/C17H11N.C15H11N3.C12H6O.2Pt/c1-2-7-14(8-3-1)15-9-6-10-16(13-15)17-11-4-5-12-18-17;1-3-10-16-12(6-1)14-8-5-9-15(18-14)13-7-2-4-11-17-13;1-3-7-11-9(5-1)10-6-2-4-8-12(10)13-11;;/h1-7,9-12H;1-11H;1-4,7-8H;;/q-2;;-2;;. The van der Waals surface area contributed by atoms with Crippen LogP contribution in [-0.2, 0) is 42.1 Å². The zero-order valence-corrected chi connectivity index (χ0v) is 31.5. The van der Waals surface area contributed by atoms with E-state index in [1.807, 2.05) is 152 Å². The second kappa shape index (κ2) is 18.6. The summed E-state index contributed by atoms with van der Waals surface area (Å²) in [7, 11) is 0. The molecule has 5 heterocycles. The van der Waals surface area contributed by atoms with Crippen molar-refractivity contribution in [2.75, 3.05) is 0 Å². The van der Waals surface area contributed by atoms with Gasteiger partial charge in [0.1, 0.15) is 0 Å². The van der Waals surface area contributed by atoms with Gasteiger partial charge in [-0.3, -0.25) is 15.0 Å². The van der Waals surface area contributed by atoms with Crippen molar-refractivity contribution in [3.05, 3.63) is 195 Å². The molecule has 0 radical (unpaired) electrons. The summed E-state index contributed by atoms with van der Waals surface area (Å²) < 4.78 is 5.59. The van der Waals surface area contributed by atoms with Gasteiger partial charge in [0.15, 0.2) is 0 Å². The first-order valence-corrected chi connectivity index (χ1v) is 15.7. The Morgan fingerprint density at radius 3 is 1.37 bits per heavy atom. The molecule has 5 aromatic heterocycles.